The minimum absolute atomic E-state index is 0.0201. The van der Waals surface area contributed by atoms with Gasteiger partial charge in [-0.25, -0.2) is 8.42 Å². The molecule has 6 heteroatoms. The van der Waals surface area contributed by atoms with E-state index < -0.39 is 15.3 Å². The molecule has 0 aliphatic carbocycles. The molecule has 0 radical (unpaired) electrons. The Morgan fingerprint density at radius 3 is 2.55 bits per heavy atom. The summed E-state index contributed by atoms with van der Waals surface area (Å²) in [5.41, 5.74) is 0.315. The van der Waals surface area contributed by atoms with E-state index in [1.54, 1.807) is 17.0 Å². The lowest BCUT2D eigenvalue weighted by Crippen LogP contribution is -2.44. The van der Waals surface area contributed by atoms with Gasteiger partial charge in [0, 0.05) is 19.3 Å². The van der Waals surface area contributed by atoms with E-state index in [4.69, 9.17) is 0 Å². The molecular weight excluding hydrogens is 300 g/mol. The third-order valence-electron chi connectivity index (χ3n) is 4.03. The quantitative estimate of drug-likeness (QED) is 0.850. The molecule has 2 rings (SSSR count). The van der Waals surface area contributed by atoms with Gasteiger partial charge in [0.15, 0.2) is 9.84 Å². The van der Waals surface area contributed by atoms with Crippen LogP contribution in [0.15, 0.2) is 29.2 Å². The van der Waals surface area contributed by atoms with Crippen molar-refractivity contribution in [2.45, 2.75) is 31.1 Å². The van der Waals surface area contributed by atoms with E-state index in [9.17, 15) is 18.5 Å². The molecule has 1 heterocycles. The summed E-state index contributed by atoms with van der Waals surface area (Å²) in [6, 6.07) is 8.67. The summed E-state index contributed by atoms with van der Waals surface area (Å²) in [5.74, 6) is -0.0201. The second kappa shape index (κ2) is 6.09. The lowest BCUT2D eigenvalue weighted by molar-refractivity contribution is -0.132. The van der Waals surface area contributed by atoms with Crippen molar-refractivity contribution in [3.63, 3.8) is 0 Å². The SMILES string of the molecule is CC1(C#N)CCCN(C(=O)Cc2ccc(S(C)(=O)=O)cc2)C1. The van der Waals surface area contributed by atoms with Crippen LogP contribution in [-0.4, -0.2) is 38.6 Å². The zero-order valence-electron chi connectivity index (χ0n) is 12.9. The number of benzene rings is 1. The Labute approximate surface area is 131 Å². The van der Waals surface area contributed by atoms with Crippen LogP contribution in [0.2, 0.25) is 0 Å². The molecule has 0 saturated carbocycles. The van der Waals surface area contributed by atoms with Crippen LogP contribution in [0.4, 0.5) is 0 Å². The zero-order chi connectivity index (χ0) is 16.4. The molecule has 1 aliphatic rings. The van der Waals surface area contributed by atoms with Crippen molar-refractivity contribution < 1.29 is 13.2 Å². The molecule has 1 fully saturated rings. The van der Waals surface area contributed by atoms with Crippen LogP contribution in [0.1, 0.15) is 25.3 Å². The van der Waals surface area contributed by atoms with E-state index in [-0.39, 0.29) is 17.2 Å². The molecule has 5 nitrogen and oxygen atoms in total. The van der Waals surface area contributed by atoms with Crippen LogP contribution < -0.4 is 0 Å². The van der Waals surface area contributed by atoms with Gasteiger partial charge in [-0.1, -0.05) is 12.1 Å². The maximum Gasteiger partial charge on any atom is 0.227 e. The predicted molar refractivity (Wildman–Crippen MR) is 82.8 cm³/mol. The maximum atomic E-state index is 12.4. The number of rotatable bonds is 3. The fourth-order valence-electron chi connectivity index (χ4n) is 2.68. The molecule has 0 aromatic heterocycles. The normalized spacial score (nSPS) is 22.1. The highest BCUT2D eigenvalue weighted by Crippen LogP contribution is 2.28. The smallest absolute Gasteiger partial charge is 0.227 e. The summed E-state index contributed by atoms with van der Waals surface area (Å²) < 4.78 is 22.8. The predicted octanol–water partition coefficient (Wildman–Crippen LogP) is 1.78. The van der Waals surface area contributed by atoms with Crippen LogP contribution in [0.5, 0.6) is 0 Å². The Balaban J connectivity index is 2.05. The fourth-order valence-corrected chi connectivity index (χ4v) is 3.31. The summed E-state index contributed by atoms with van der Waals surface area (Å²) >= 11 is 0. The van der Waals surface area contributed by atoms with Gasteiger partial charge in [-0.15, -0.1) is 0 Å². The number of nitrogens with zero attached hydrogens (tertiary/aromatic N) is 2. The lowest BCUT2D eigenvalue weighted by Gasteiger charge is -2.36. The first-order chi connectivity index (χ1) is 10.2. The Morgan fingerprint density at radius 1 is 1.36 bits per heavy atom. The number of hydrogen-bond donors (Lipinski definition) is 0. The molecule has 0 bridgehead atoms. The first-order valence-electron chi connectivity index (χ1n) is 7.22. The van der Waals surface area contributed by atoms with E-state index in [1.165, 1.54) is 12.1 Å². The van der Waals surface area contributed by atoms with Gasteiger partial charge in [0.05, 0.1) is 22.8 Å². The minimum Gasteiger partial charge on any atom is -0.341 e. The first kappa shape index (κ1) is 16.5. The molecule has 1 aromatic carbocycles. The van der Waals surface area contributed by atoms with E-state index in [0.29, 0.717) is 13.1 Å². The van der Waals surface area contributed by atoms with E-state index in [0.717, 1.165) is 24.7 Å². The standard InChI is InChI=1S/C16H20N2O3S/c1-16(11-17)8-3-9-18(12-16)15(19)10-13-4-6-14(7-5-13)22(2,20)21/h4-7H,3,8-10,12H2,1-2H3. The molecular formula is C16H20N2O3S. The first-order valence-corrected chi connectivity index (χ1v) is 9.11. The van der Waals surface area contributed by atoms with Crippen LogP contribution in [0.3, 0.4) is 0 Å². The summed E-state index contributed by atoms with van der Waals surface area (Å²) in [4.78, 5) is 14.3. The number of nitriles is 1. The van der Waals surface area contributed by atoms with E-state index in [1.807, 2.05) is 6.92 Å². The molecule has 0 spiro atoms. The summed E-state index contributed by atoms with van der Waals surface area (Å²) in [5, 5.41) is 9.20. The van der Waals surface area contributed by atoms with E-state index in [2.05, 4.69) is 6.07 Å². The summed E-state index contributed by atoms with van der Waals surface area (Å²) in [6.07, 6.45) is 3.04. The Kier molecular flexibility index (Phi) is 4.57. The Morgan fingerprint density at radius 2 is 2.00 bits per heavy atom. The number of carbonyl (C=O) groups excluding carboxylic acids is 1. The number of amides is 1. The Bertz CT molecular complexity index is 704. The molecule has 1 atom stereocenters. The number of hydrogen-bond acceptors (Lipinski definition) is 4. The molecule has 1 unspecified atom stereocenters. The van der Waals surface area contributed by atoms with Crippen molar-refractivity contribution in [1.82, 2.24) is 4.90 Å². The van der Waals surface area contributed by atoms with Gasteiger partial charge in [-0.2, -0.15) is 5.26 Å². The molecule has 1 saturated heterocycles. The molecule has 22 heavy (non-hydrogen) atoms. The second-order valence-electron chi connectivity index (χ2n) is 6.18. The van der Waals surface area contributed by atoms with Crippen LogP contribution in [-0.2, 0) is 21.1 Å². The average Bonchev–Trinajstić information content (AvgIpc) is 2.47. The molecule has 1 aliphatic heterocycles. The van der Waals surface area contributed by atoms with Crippen molar-refractivity contribution in [2.75, 3.05) is 19.3 Å². The van der Waals surface area contributed by atoms with Crippen molar-refractivity contribution in [3.05, 3.63) is 29.8 Å². The van der Waals surface area contributed by atoms with Gasteiger partial charge in [0.2, 0.25) is 5.91 Å². The lowest BCUT2D eigenvalue weighted by atomic mass is 9.83. The monoisotopic (exact) mass is 320 g/mol. The number of likely N-dealkylation sites (tertiary alicyclic amines) is 1. The van der Waals surface area contributed by atoms with E-state index >= 15 is 0 Å². The average molecular weight is 320 g/mol. The third-order valence-corrected chi connectivity index (χ3v) is 5.15. The molecule has 118 valence electrons. The molecule has 1 amide bonds. The van der Waals surface area contributed by atoms with Crippen LogP contribution in [0, 0.1) is 16.7 Å². The highest BCUT2D eigenvalue weighted by Gasteiger charge is 2.32. The van der Waals surface area contributed by atoms with Gasteiger partial charge in [0.1, 0.15) is 0 Å². The van der Waals surface area contributed by atoms with Gasteiger partial charge in [-0.3, -0.25) is 4.79 Å². The van der Waals surface area contributed by atoms with Gasteiger partial charge < -0.3 is 4.90 Å². The Hall–Kier alpha value is -1.87. The van der Waals surface area contributed by atoms with Gasteiger partial charge in [0.25, 0.3) is 0 Å². The van der Waals surface area contributed by atoms with Crippen molar-refractivity contribution in [3.8, 4) is 6.07 Å². The largest absolute Gasteiger partial charge is 0.341 e. The van der Waals surface area contributed by atoms with Crippen LogP contribution in [0.25, 0.3) is 0 Å². The maximum absolute atomic E-state index is 12.4. The second-order valence-corrected chi connectivity index (χ2v) is 8.20. The summed E-state index contributed by atoms with van der Waals surface area (Å²) in [7, 11) is -3.22. The van der Waals surface area contributed by atoms with Crippen molar-refractivity contribution in [1.29, 1.82) is 5.26 Å². The van der Waals surface area contributed by atoms with Crippen molar-refractivity contribution >= 4 is 15.7 Å². The van der Waals surface area contributed by atoms with Gasteiger partial charge >= 0.3 is 0 Å². The van der Waals surface area contributed by atoms with Gasteiger partial charge in [-0.05, 0) is 37.5 Å². The minimum atomic E-state index is -3.22. The zero-order valence-corrected chi connectivity index (χ0v) is 13.7. The number of carbonyl (C=O) groups is 1. The molecule has 1 aromatic rings. The van der Waals surface area contributed by atoms with Crippen molar-refractivity contribution in [2.24, 2.45) is 5.41 Å². The highest BCUT2D eigenvalue weighted by molar-refractivity contribution is 7.90. The highest BCUT2D eigenvalue weighted by atomic mass is 32.2. The number of sulfone groups is 1. The fraction of sp³-hybridized carbons (Fsp3) is 0.500. The molecule has 0 N–H and O–H groups in total. The topological polar surface area (TPSA) is 78.2 Å². The third kappa shape index (κ3) is 3.86. The van der Waals surface area contributed by atoms with Crippen LogP contribution >= 0.6 is 0 Å². The number of piperidine rings is 1. The summed E-state index contributed by atoms with van der Waals surface area (Å²) in [6.45, 7) is 3.02.